The molecular formula is C24H24FN7O3. The van der Waals surface area contributed by atoms with Crippen LogP contribution in [-0.2, 0) is 11.3 Å². The Labute approximate surface area is 200 Å². The minimum Gasteiger partial charge on any atom is -0.476 e. The fourth-order valence-corrected chi connectivity index (χ4v) is 3.73. The summed E-state index contributed by atoms with van der Waals surface area (Å²) >= 11 is 0. The molecule has 4 aromatic rings. The third-order valence-corrected chi connectivity index (χ3v) is 5.57. The van der Waals surface area contributed by atoms with Crippen LogP contribution in [0.5, 0.6) is 5.75 Å². The van der Waals surface area contributed by atoms with Crippen molar-refractivity contribution in [1.82, 2.24) is 19.7 Å². The Morgan fingerprint density at radius 2 is 1.94 bits per heavy atom. The zero-order valence-electron chi connectivity index (χ0n) is 19.2. The fourth-order valence-electron chi connectivity index (χ4n) is 3.73. The number of hydrogen-bond acceptors (Lipinski definition) is 8. The molecule has 10 nitrogen and oxygen atoms in total. The van der Waals surface area contributed by atoms with E-state index in [-0.39, 0.29) is 24.3 Å². The molecule has 11 heteroatoms. The molecule has 1 amide bonds. The summed E-state index contributed by atoms with van der Waals surface area (Å²) in [5, 5.41) is 23.1. The summed E-state index contributed by atoms with van der Waals surface area (Å²) in [5.41, 5.74) is 1.70. The highest BCUT2D eigenvalue weighted by molar-refractivity contribution is 6.00. The van der Waals surface area contributed by atoms with Crippen molar-refractivity contribution in [2.45, 2.75) is 32.4 Å². The molecule has 3 heterocycles. The number of aliphatic hydroxyl groups excluding tert-OH is 1. The molecule has 0 spiro atoms. The predicted molar refractivity (Wildman–Crippen MR) is 130 cm³/mol. The van der Waals surface area contributed by atoms with Gasteiger partial charge in [-0.05, 0) is 56.7 Å². The predicted octanol–water partition coefficient (Wildman–Crippen LogP) is 3.94. The number of benzene rings is 2. The second-order valence-corrected chi connectivity index (χ2v) is 8.64. The van der Waals surface area contributed by atoms with Gasteiger partial charge in [0.2, 0.25) is 5.95 Å². The molecule has 0 radical (unpaired) electrons. The molecule has 35 heavy (non-hydrogen) atoms. The topological polar surface area (TPSA) is 126 Å². The Morgan fingerprint density at radius 3 is 2.77 bits per heavy atom. The van der Waals surface area contributed by atoms with Gasteiger partial charge >= 0.3 is 0 Å². The number of aromatic nitrogens is 4. The molecule has 0 fully saturated rings. The van der Waals surface area contributed by atoms with Crippen molar-refractivity contribution in [3.05, 3.63) is 54.6 Å². The Hall–Kier alpha value is -4.25. The molecule has 0 saturated carbocycles. The van der Waals surface area contributed by atoms with Crippen molar-refractivity contribution in [2.24, 2.45) is 0 Å². The number of nitrogens with zero attached hydrogens (tertiary/aromatic N) is 4. The number of anilines is 5. The normalized spacial score (nSPS) is 14.2. The third-order valence-electron chi connectivity index (χ3n) is 5.57. The van der Waals surface area contributed by atoms with Gasteiger partial charge in [0.1, 0.15) is 5.75 Å². The number of fused-ring (bicyclic) bond motifs is 2. The molecule has 2 aromatic heterocycles. The first-order chi connectivity index (χ1) is 16.8. The molecule has 0 aliphatic carbocycles. The Kier molecular flexibility index (Phi) is 5.69. The SMILES string of the molecule is CC1(C)Oc2ccc(Nc3nc(Nc4ccc5c(cnn5CCCO)c4)ncc3F)cc2NC1=O. The number of carbonyl (C=O) groups is 1. The van der Waals surface area contributed by atoms with Crippen LogP contribution < -0.4 is 20.7 Å². The molecule has 1 aliphatic rings. The Bertz CT molecular complexity index is 1420. The van der Waals surface area contributed by atoms with Gasteiger partial charge < -0.3 is 25.8 Å². The first-order valence-corrected chi connectivity index (χ1v) is 11.1. The summed E-state index contributed by atoms with van der Waals surface area (Å²) in [5.74, 6) is -0.185. The van der Waals surface area contributed by atoms with Crippen LogP contribution in [0.25, 0.3) is 10.9 Å². The number of ether oxygens (including phenoxy) is 1. The van der Waals surface area contributed by atoms with Gasteiger partial charge in [0, 0.05) is 29.9 Å². The van der Waals surface area contributed by atoms with Gasteiger partial charge in [0.25, 0.3) is 5.91 Å². The van der Waals surface area contributed by atoms with Crippen LogP contribution in [0.1, 0.15) is 20.3 Å². The van der Waals surface area contributed by atoms with Gasteiger partial charge in [-0.15, -0.1) is 0 Å². The van der Waals surface area contributed by atoms with Crippen molar-refractivity contribution in [3.8, 4) is 5.75 Å². The van der Waals surface area contributed by atoms with Gasteiger partial charge in [-0.2, -0.15) is 10.1 Å². The van der Waals surface area contributed by atoms with Crippen LogP contribution in [0.3, 0.4) is 0 Å². The van der Waals surface area contributed by atoms with Crippen molar-refractivity contribution in [2.75, 3.05) is 22.6 Å². The number of amides is 1. The second-order valence-electron chi connectivity index (χ2n) is 8.64. The van der Waals surface area contributed by atoms with Crippen molar-refractivity contribution in [3.63, 3.8) is 0 Å². The van der Waals surface area contributed by atoms with E-state index in [9.17, 15) is 9.18 Å². The number of rotatable bonds is 7. The van der Waals surface area contributed by atoms with E-state index in [2.05, 4.69) is 31.0 Å². The first-order valence-electron chi connectivity index (χ1n) is 11.1. The molecule has 0 bridgehead atoms. The molecule has 2 aromatic carbocycles. The van der Waals surface area contributed by atoms with Crippen LogP contribution in [-0.4, -0.2) is 43.0 Å². The Morgan fingerprint density at radius 1 is 1.14 bits per heavy atom. The van der Waals surface area contributed by atoms with Gasteiger partial charge in [-0.25, -0.2) is 9.37 Å². The van der Waals surface area contributed by atoms with Crippen LogP contribution >= 0.6 is 0 Å². The quantitative estimate of drug-likeness (QED) is 0.315. The lowest BCUT2D eigenvalue weighted by atomic mass is 10.1. The summed E-state index contributed by atoms with van der Waals surface area (Å²) in [6, 6.07) is 10.7. The van der Waals surface area contributed by atoms with Crippen LogP contribution in [0.4, 0.5) is 33.2 Å². The smallest absolute Gasteiger partial charge is 0.268 e. The maximum atomic E-state index is 14.5. The molecule has 0 atom stereocenters. The Balaban J connectivity index is 1.34. The highest BCUT2D eigenvalue weighted by Crippen LogP contribution is 2.36. The van der Waals surface area contributed by atoms with Crippen molar-refractivity contribution >= 4 is 45.6 Å². The van der Waals surface area contributed by atoms with E-state index in [1.165, 1.54) is 0 Å². The van der Waals surface area contributed by atoms with Gasteiger partial charge in [-0.1, -0.05) is 0 Å². The van der Waals surface area contributed by atoms with E-state index in [1.54, 1.807) is 38.2 Å². The summed E-state index contributed by atoms with van der Waals surface area (Å²) in [6.45, 7) is 4.09. The van der Waals surface area contributed by atoms with Gasteiger partial charge in [0.15, 0.2) is 17.2 Å². The van der Waals surface area contributed by atoms with E-state index in [0.29, 0.717) is 35.8 Å². The van der Waals surface area contributed by atoms with Crippen LogP contribution in [0.15, 0.2) is 48.8 Å². The van der Waals surface area contributed by atoms with E-state index in [4.69, 9.17) is 9.84 Å². The lowest BCUT2D eigenvalue weighted by molar-refractivity contribution is -0.129. The zero-order chi connectivity index (χ0) is 24.6. The number of hydrogen-bond donors (Lipinski definition) is 4. The number of carbonyl (C=O) groups excluding carboxylic acids is 1. The standard InChI is InChI=1S/C24H24FN7O3/c1-24(2)22(34)30-18-11-16(5-7-20(18)35-24)28-21-17(25)13-26-23(31-21)29-15-4-6-19-14(10-15)12-27-32(19)8-3-9-33/h4-7,10-13,33H,3,8-9H2,1-2H3,(H,30,34)(H2,26,28,29,31). The van der Waals surface area contributed by atoms with Crippen molar-refractivity contribution < 1.29 is 19.0 Å². The summed E-state index contributed by atoms with van der Waals surface area (Å²) in [4.78, 5) is 20.5. The molecule has 1 aliphatic heterocycles. The number of aryl methyl sites for hydroxylation is 1. The molecule has 180 valence electrons. The zero-order valence-corrected chi connectivity index (χ0v) is 19.2. The van der Waals surface area contributed by atoms with Gasteiger partial charge in [0.05, 0.1) is 23.6 Å². The van der Waals surface area contributed by atoms with E-state index < -0.39 is 11.4 Å². The molecule has 4 N–H and O–H groups in total. The number of halogens is 1. The number of nitrogens with one attached hydrogen (secondary N) is 3. The van der Waals surface area contributed by atoms with Crippen molar-refractivity contribution in [1.29, 1.82) is 0 Å². The second kappa shape index (κ2) is 8.84. The van der Waals surface area contributed by atoms with Crippen LogP contribution in [0, 0.1) is 5.82 Å². The van der Waals surface area contributed by atoms with Crippen LogP contribution in [0.2, 0.25) is 0 Å². The maximum Gasteiger partial charge on any atom is 0.268 e. The number of aliphatic hydroxyl groups is 1. The van der Waals surface area contributed by atoms with E-state index in [0.717, 1.165) is 17.1 Å². The molecule has 0 saturated heterocycles. The lowest BCUT2D eigenvalue weighted by Crippen LogP contribution is -2.45. The average molecular weight is 478 g/mol. The van der Waals surface area contributed by atoms with E-state index in [1.807, 2.05) is 22.9 Å². The first kappa shape index (κ1) is 22.5. The molecular weight excluding hydrogens is 453 g/mol. The average Bonchev–Trinajstić information content (AvgIpc) is 3.23. The lowest BCUT2D eigenvalue weighted by Gasteiger charge is -2.31. The minimum atomic E-state index is -0.970. The van der Waals surface area contributed by atoms with E-state index >= 15 is 0 Å². The summed E-state index contributed by atoms with van der Waals surface area (Å²) in [6.07, 6.45) is 3.45. The maximum absolute atomic E-state index is 14.5. The summed E-state index contributed by atoms with van der Waals surface area (Å²) < 4.78 is 22.0. The molecule has 5 rings (SSSR count). The minimum absolute atomic E-state index is 0.0243. The highest BCUT2D eigenvalue weighted by Gasteiger charge is 2.35. The monoisotopic (exact) mass is 477 g/mol. The van der Waals surface area contributed by atoms with Gasteiger partial charge in [-0.3, -0.25) is 9.48 Å². The largest absolute Gasteiger partial charge is 0.476 e. The fraction of sp³-hybridized carbons (Fsp3) is 0.250. The highest BCUT2D eigenvalue weighted by atomic mass is 19.1. The third kappa shape index (κ3) is 4.58. The summed E-state index contributed by atoms with van der Waals surface area (Å²) in [7, 11) is 0. The molecule has 0 unspecified atom stereocenters.